The Hall–Kier alpha value is -1.52. The van der Waals surface area contributed by atoms with Gasteiger partial charge in [-0.15, -0.1) is 0 Å². The van der Waals surface area contributed by atoms with E-state index in [1.165, 1.54) is 4.57 Å². The lowest BCUT2D eigenvalue weighted by molar-refractivity contribution is -0.551. The molecule has 2 spiro atoms. The van der Waals surface area contributed by atoms with Gasteiger partial charge in [-0.25, -0.2) is 23.5 Å². The van der Waals surface area contributed by atoms with Gasteiger partial charge in [0.15, 0.2) is 0 Å². The van der Waals surface area contributed by atoms with Crippen molar-refractivity contribution in [3.05, 3.63) is 33.1 Å². The van der Waals surface area contributed by atoms with Crippen LogP contribution in [0.3, 0.4) is 0 Å². The highest BCUT2D eigenvalue weighted by Gasteiger charge is 3.02. The summed E-state index contributed by atoms with van der Waals surface area (Å²) < 4.78 is 5.03. The molecule has 5 heteroatoms. The lowest BCUT2D eigenvalue weighted by atomic mass is 9.04. The van der Waals surface area contributed by atoms with Crippen molar-refractivity contribution in [2.24, 2.45) is 41.5 Å². The van der Waals surface area contributed by atoms with Gasteiger partial charge < -0.3 is 0 Å². The second kappa shape index (κ2) is 2.11. The smallest absolute Gasteiger partial charge is 0.246 e. The molecule has 0 amide bonds. The Balaban J connectivity index is 1.67. The first-order valence-corrected chi connectivity index (χ1v) is 7.73. The summed E-state index contributed by atoms with van der Waals surface area (Å²) in [5.74, 6) is 3.15. The van der Waals surface area contributed by atoms with Crippen molar-refractivity contribution in [3.63, 3.8) is 0 Å². The third kappa shape index (κ3) is 0.462. The van der Waals surface area contributed by atoms with Crippen LogP contribution in [0.1, 0.15) is 24.9 Å². The fourth-order valence-corrected chi connectivity index (χ4v) is 8.17. The Bertz CT molecular complexity index is 818. The largest absolute Gasteiger partial charge is 0.347 e. The minimum absolute atomic E-state index is 0.0882. The SMILES string of the molecule is Cn1c(=O)n2n(c1=O)[C@@H]1[C@H]3[C@H]4[C@@H]5[C@H]3[C@]13CC=CC[C@@]53[C@H]42. The van der Waals surface area contributed by atoms with Crippen molar-refractivity contribution in [1.29, 1.82) is 0 Å². The summed E-state index contributed by atoms with van der Waals surface area (Å²) in [6, 6.07) is 0.637. The van der Waals surface area contributed by atoms with Crippen molar-refractivity contribution >= 4 is 0 Å². The molecule has 7 aliphatic rings. The predicted octanol–water partition coefficient (Wildman–Crippen LogP) is 0.286. The monoisotopic (exact) mass is 269 g/mol. The van der Waals surface area contributed by atoms with Gasteiger partial charge in [0.25, 0.3) is 0 Å². The van der Waals surface area contributed by atoms with E-state index in [0.717, 1.165) is 24.7 Å². The minimum Gasteiger partial charge on any atom is -0.246 e. The third-order valence-corrected chi connectivity index (χ3v) is 8.30. The van der Waals surface area contributed by atoms with E-state index < -0.39 is 0 Å². The molecule has 2 bridgehead atoms. The second-order valence-electron chi connectivity index (χ2n) is 7.87. The zero-order chi connectivity index (χ0) is 13.2. The summed E-state index contributed by atoms with van der Waals surface area (Å²) in [7, 11) is 1.63. The molecule has 0 N–H and O–H groups in total. The predicted molar refractivity (Wildman–Crippen MR) is 69.2 cm³/mol. The van der Waals surface area contributed by atoms with Crippen LogP contribution in [0.25, 0.3) is 0 Å². The van der Waals surface area contributed by atoms with Gasteiger partial charge in [-0.2, -0.15) is 0 Å². The van der Waals surface area contributed by atoms with E-state index >= 15 is 0 Å². The summed E-state index contributed by atoms with van der Waals surface area (Å²) >= 11 is 0. The molecule has 0 aromatic carbocycles. The maximum atomic E-state index is 12.5. The molecule has 2 aliphatic heterocycles. The fourth-order valence-electron chi connectivity index (χ4n) is 8.17. The molecule has 1 aromatic heterocycles. The molecule has 8 atom stereocenters. The summed E-state index contributed by atoms with van der Waals surface area (Å²) in [4.78, 5) is 25.0. The van der Waals surface area contributed by atoms with Crippen molar-refractivity contribution in [2.45, 2.75) is 24.9 Å². The maximum absolute atomic E-state index is 12.5. The van der Waals surface area contributed by atoms with Crippen LogP contribution in [0.15, 0.2) is 21.7 Å². The van der Waals surface area contributed by atoms with E-state index in [1.807, 2.05) is 9.36 Å². The van der Waals surface area contributed by atoms with Crippen LogP contribution in [-0.2, 0) is 7.05 Å². The average Bonchev–Trinajstić information content (AvgIpc) is 2.64. The van der Waals surface area contributed by atoms with E-state index in [9.17, 15) is 9.59 Å². The Morgan fingerprint density at radius 2 is 1.40 bits per heavy atom. The maximum Gasteiger partial charge on any atom is 0.347 e. The molecule has 102 valence electrons. The highest BCUT2D eigenvalue weighted by molar-refractivity contribution is 5.50. The van der Waals surface area contributed by atoms with Crippen LogP contribution in [0.5, 0.6) is 0 Å². The van der Waals surface area contributed by atoms with Crippen molar-refractivity contribution in [1.82, 2.24) is 13.9 Å². The van der Waals surface area contributed by atoms with E-state index in [-0.39, 0.29) is 11.4 Å². The molecule has 5 aliphatic carbocycles. The first kappa shape index (κ1) is 9.42. The number of hydrogen-bond donors (Lipinski definition) is 0. The number of hydrogen-bond acceptors (Lipinski definition) is 2. The first-order valence-electron chi connectivity index (χ1n) is 7.73. The lowest BCUT2D eigenvalue weighted by Crippen LogP contribution is -3.00. The Morgan fingerprint density at radius 1 is 0.950 bits per heavy atom. The van der Waals surface area contributed by atoms with Crippen LogP contribution in [0.2, 0.25) is 0 Å². The summed E-state index contributed by atoms with van der Waals surface area (Å²) in [5, 5.41) is 0. The third-order valence-electron chi connectivity index (χ3n) is 8.30. The van der Waals surface area contributed by atoms with Gasteiger partial charge in [0.1, 0.15) is 0 Å². The van der Waals surface area contributed by atoms with Crippen LogP contribution in [0.4, 0.5) is 0 Å². The Kier molecular flexibility index (Phi) is 0.992. The van der Waals surface area contributed by atoms with Gasteiger partial charge in [-0.1, -0.05) is 12.2 Å². The molecule has 8 rings (SSSR count). The molecule has 4 fully saturated rings. The van der Waals surface area contributed by atoms with E-state index in [2.05, 4.69) is 12.2 Å². The number of allylic oxidation sites excluding steroid dienone is 2. The van der Waals surface area contributed by atoms with Gasteiger partial charge in [-0.05, 0) is 36.5 Å². The zero-order valence-corrected chi connectivity index (χ0v) is 11.2. The van der Waals surface area contributed by atoms with Gasteiger partial charge in [0.2, 0.25) is 0 Å². The van der Waals surface area contributed by atoms with Gasteiger partial charge in [0, 0.05) is 17.9 Å². The molecular weight excluding hydrogens is 254 g/mol. The van der Waals surface area contributed by atoms with Crippen LogP contribution >= 0.6 is 0 Å². The van der Waals surface area contributed by atoms with Crippen molar-refractivity contribution in [2.75, 3.05) is 0 Å². The summed E-state index contributed by atoms with van der Waals surface area (Å²) in [6.07, 6.45) is 6.92. The lowest BCUT2D eigenvalue weighted by Gasteiger charge is -3.01. The van der Waals surface area contributed by atoms with Crippen molar-refractivity contribution in [3.8, 4) is 0 Å². The van der Waals surface area contributed by atoms with Gasteiger partial charge in [-0.3, -0.25) is 0 Å². The van der Waals surface area contributed by atoms with Crippen LogP contribution in [0, 0.1) is 34.5 Å². The highest BCUT2D eigenvalue weighted by Crippen LogP contribution is 3.03. The quantitative estimate of drug-likeness (QED) is 0.635. The average molecular weight is 269 g/mol. The molecule has 0 saturated heterocycles. The van der Waals surface area contributed by atoms with Gasteiger partial charge >= 0.3 is 11.4 Å². The van der Waals surface area contributed by atoms with Crippen LogP contribution < -0.4 is 11.4 Å². The topological polar surface area (TPSA) is 48.9 Å². The molecule has 1 aromatic rings. The normalized spacial score (nSPS) is 60.5. The highest BCUT2D eigenvalue weighted by atomic mass is 16.2. The molecule has 0 radical (unpaired) electrons. The van der Waals surface area contributed by atoms with Crippen molar-refractivity contribution < 1.29 is 0 Å². The van der Waals surface area contributed by atoms with E-state index in [4.69, 9.17) is 0 Å². The number of rotatable bonds is 0. The number of nitrogens with zero attached hydrogens (tertiary/aromatic N) is 3. The van der Waals surface area contributed by atoms with Crippen LogP contribution in [-0.4, -0.2) is 13.9 Å². The molecule has 0 unspecified atom stereocenters. The summed E-state index contributed by atoms with van der Waals surface area (Å²) in [6.45, 7) is 0. The zero-order valence-electron chi connectivity index (χ0n) is 11.2. The second-order valence-corrected chi connectivity index (χ2v) is 7.87. The Morgan fingerprint density at radius 3 is 1.85 bits per heavy atom. The first-order chi connectivity index (χ1) is 9.68. The standard InChI is InChI=1S/C15H15N3O2/c1-16-12(19)17-10-6-7-9-8(6)14(10)4-2-3-5-15(9,14)11(7)18(17)13(16)20/h2-3,6-11H,4-5H2,1H3/t6-,7-,8-,9+,10+,11-,14+,15-/m0/s1. The molecular formula is C15H15N3O2. The molecule has 4 saturated carbocycles. The molecule has 3 heterocycles. The molecule has 20 heavy (non-hydrogen) atoms. The van der Waals surface area contributed by atoms with Gasteiger partial charge in [0.05, 0.1) is 12.1 Å². The Labute approximate surface area is 114 Å². The van der Waals surface area contributed by atoms with E-state index in [1.54, 1.807) is 7.05 Å². The minimum atomic E-state index is -0.0882. The molecule has 5 nitrogen and oxygen atoms in total. The summed E-state index contributed by atoms with van der Waals surface area (Å²) in [5.41, 5.74) is 0.506. The number of aromatic nitrogens is 3. The fraction of sp³-hybridized carbons (Fsp3) is 0.733. The van der Waals surface area contributed by atoms with E-state index in [0.29, 0.717) is 34.7 Å².